The first-order chi connectivity index (χ1) is 13.8. The van der Waals surface area contributed by atoms with Gasteiger partial charge in [-0.2, -0.15) is 0 Å². The standard InChI is InChI=1S/C22H36N4O3/c1-6-23-20(24-14-17-10-8-9-11-18(17)16-28-7-2)26-13-12-19(15-26)25-21(27)29-22(3,4)5/h8-11,19H,6-7,12-16H2,1-5H3,(H,23,24)(H,25,27). The monoisotopic (exact) mass is 404 g/mol. The second kappa shape index (κ2) is 11.0. The van der Waals surface area contributed by atoms with E-state index in [1.54, 1.807) is 0 Å². The number of nitrogens with zero attached hydrogens (tertiary/aromatic N) is 2. The van der Waals surface area contributed by atoms with E-state index in [-0.39, 0.29) is 12.1 Å². The van der Waals surface area contributed by atoms with Gasteiger partial charge < -0.3 is 25.0 Å². The summed E-state index contributed by atoms with van der Waals surface area (Å²) in [4.78, 5) is 19.1. The summed E-state index contributed by atoms with van der Waals surface area (Å²) >= 11 is 0. The summed E-state index contributed by atoms with van der Waals surface area (Å²) in [5.74, 6) is 0.868. The third kappa shape index (κ3) is 7.93. The molecular weight excluding hydrogens is 368 g/mol. The lowest BCUT2D eigenvalue weighted by Crippen LogP contribution is -2.44. The zero-order chi connectivity index (χ0) is 21.3. The van der Waals surface area contributed by atoms with Crippen molar-refractivity contribution in [2.24, 2.45) is 4.99 Å². The van der Waals surface area contributed by atoms with Crippen molar-refractivity contribution in [2.45, 2.75) is 65.8 Å². The molecule has 1 aliphatic rings. The summed E-state index contributed by atoms with van der Waals surface area (Å²) in [6.45, 7) is 13.9. The van der Waals surface area contributed by atoms with Crippen LogP contribution < -0.4 is 10.6 Å². The molecule has 2 rings (SSSR count). The summed E-state index contributed by atoms with van der Waals surface area (Å²) in [7, 11) is 0. The zero-order valence-electron chi connectivity index (χ0n) is 18.5. The van der Waals surface area contributed by atoms with Crippen molar-refractivity contribution >= 4 is 12.1 Å². The summed E-state index contributed by atoms with van der Waals surface area (Å²) < 4.78 is 10.9. The fraction of sp³-hybridized carbons (Fsp3) is 0.636. The molecule has 7 nitrogen and oxygen atoms in total. The maximum Gasteiger partial charge on any atom is 0.407 e. The van der Waals surface area contributed by atoms with Gasteiger partial charge in [0, 0.05) is 26.2 Å². The van der Waals surface area contributed by atoms with E-state index >= 15 is 0 Å². The Morgan fingerprint density at radius 1 is 1.24 bits per heavy atom. The zero-order valence-corrected chi connectivity index (χ0v) is 18.5. The number of guanidine groups is 1. The van der Waals surface area contributed by atoms with Crippen LogP contribution in [-0.4, -0.2) is 54.8 Å². The lowest BCUT2D eigenvalue weighted by atomic mass is 10.1. The van der Waals surface area contributed by atoms with Gasteiger partial charge >= 0.3 is 6.09 Å². The number of amides is 1. The van der Waals surface area contributed by atoms with Crippen molar-refractivity contribution in [1.29, 1.82) is 0 Å². The number of rotatable bonds is 7. The predicted molar refractivity (Wildman–Crippen MR) is 116 cm³/mol. The molecule has 7 heteroatoms. The SMILES string of the molecule is CCNC(=NCc1ccccc1COCC)N1CCC(NC(=O)OC(C)(C)C)C1. The molecule has 1 amide bonds. The summed E-state index contributed by atoms with van der Waals surface area (Å²) in [5.41, 5.74) is 1.84. The topological polar surface area (TPSA) is 75.2 Å². The molecular formula is C22H36N4O3. The minimum Gasteiger partial charge on any atom is -0.444 e. The van der Waals surface area contributed by atoms with Crippen LogP contribution >= 0.6 is 0 Å². The lowest BCUT2D eigenvalue weighted by Gasteiger charge is -2.23. The molecule has 1 aliphatic heterocycles. The molecule has 2 N–H and O–H groups in total. The molecule has 1 heterocycles. The molecule has 0 radical (unpaired) electrons. The van der Waals surface area contributed by atoms with E-state index in [1.165, 1.54) is 11.1 Å². The van der Waals surface area contributed by atoms with Gasteiger partial charge in [0.05, 0.1) is 19.2 Å². The van der Waals surface area contributed by atoms with Crippen LogP contribution in [0.1, 0.15) is 52.2 Å². The summed E-state index contributed by atoms with van der Waals surface area (Å²) in [6, 6.07) is 8.30. The van der Waals surface area contributed by atoms with Crippen molar-refractivity contribution in [2.75, 3.05) is 26.2 Å². The van der Waals surface area contributed by atoms with Crippen molar-refractivity contribution in [1.82, 2.24) is 15.5 Å². The van der Waals surface area contributed by atoms with Crippen LogP contribution in [-0.2, 0) is 22.6 Å². The van der Waals surface area contributed by atoms with E-state index < -0.39 is 5.60 Å². The van der Waals surface area contributed by atoms with E-state index in [1.807, 2.05) is 39.8 Å². The van der Waals surface area contributed by atoms with E-state index in [0.29, 0.717) is 26.3 Å². The number of hydrogen-bond acceptors (Lipinski definition) is 4. The molecule has 0 aromatic heterocycles. The van der Waals surface area contributed by atoms with Crippen molar-refractivity contribution in [3.05, 3.63) is 35.4 Å². The Morgan fingerprint density at radius 3 is 2.62 bits per heavy atom. The van der Waals surface area contributed by atoms with E-state index in [4.69, 9.17) is 14.5 Å². The minimum absolute atomic E-state index is 0.0546. The molecule has 1 aromatic carbocycles. The van der Waals surface area contributed by atoms with Crippen LogP contribution in [0.5, 0.6) is 0 Å². The summed E-state index contributed by atoms with van der Waals surface area (Å²) in [6.07, 6.45) is 0.501. The van der Waals surface area contributed by atoms with Gasteiger partial charge in [0.2, 0.25) is 0 Å². The largest absolute Gasteiger partial charge is 0.444 e. The molecule has 1 aromatic rings. The smallest absolute Gasteiger partial charge is 0.407 e. The Kier molecular flexibility index (Phi) is 8.76. The Hall–Kier alpha value is -2.28. The number of likely N-dealkylation sites (tertiary alicyclic amines) is 1. The van der Waals surface area contributed by atoms with Gasteiger partial charge in [-0.15, -0.1) is 0 Å². The number of aliphatic imine (C=N–C) groups is 1. The molecule has 1 fully saturated rings. The van der Waals surface area contributed by atoms with Crippen molar-refractivity contribution < 1.29 is 14.3 Å². The quantitative estimate of drug-likeness (QED) is 0.539. The molecule has 29 heavy (non-hydrogen) atoms. The molecule has 1 atom stereocenters. The van der Waals surface area contributed by atoms with Gasteiger partial charge in [-0.3, -0.25) is 0 Å². The van der Waals surface area contributed by atoms with E-state index in [2.05, 4.69) is 34.6 Å². The molecule has 1 saturated heterocycles. The Labute approximate surface area is 174 Å². The average molecular weight is 405 g/mol. The van der Waals surface area contributed by atoms with E-state index in [0.717, 1.165) is 25.5 Å². The van der Waals surface area contributed by atoms with Crippen LogP contribution in [0.25, 0.3) is 0 Å². The van der Waals surface area contributed by atoms with Crippen LogP contribution in [0.3, 0.4) is 0 Å². The lowest BCUT2D eigenvalue weighted by molar-refractivity contribution is 0.0507. The van der Waals surface area contributed by atoms with Gasteiger partial charge in [-0.1, -0.05) is 24.3 Å². The van der Waals surface area contributed by atoms with E-state index in [9.17, 15) is 4.79 Å². The first-order valence-electron chi connectivity index (χ1n) is 10.5. The minimum atomic E-state index is -0.492. The second-order valence-electron chi connectivity index (χ2n) is 8.15. The number of hydrogen-bond donors (Lipinski definition) is 2. The number of ether oxygens (including phenoxy) is 2. The fourth-order valence-electron chi connectivity index (χ4n) is 3.20. The molecule has 0 saturated carbocycles. The van der Waals surface area contributed by atoms with Crippen molar-refractivity contribution in [3.8, 4) is 0 Å². The van der Waals surface area contributed by atoms with Gasteiger partial charge in [0.15, 0.2) is 5.96 Å². The molecule has 0 spiro atoms. The highest BCUT2D eigenvalue weighted by Crippen LogP contribution is 2.14. The highest BCUT2D eigenvalue weighted by Gasteiger charge is 2.27. The summed E-state index contributed by atoms with van der Waals surface area (Å²) in [5, 5.41) is 6.34. The fourth-order valence-corrected chi connectivity index (χ4v) is 3.20. The Morgan fingerprint density at radius 2 is 1.97 bits per heavy atom. The normalized spacial score (nSPS) is 17.3. The van der Waals surface area contributed by atoms with Crippen LogP contribution in [0.2, 0.25) is 0 Å². The molecule has 162 valence electrons. The number of carbonyl (C=O) groups is 1. The number of nitrogens with one attached hydrogen (secondary N) is 2. The first kappa shape index (κ1) is 23.0. The van der Waals surface area contributed by atoms with Gasteiger partial charge in [0.1, 0.15) is 5.60 Å². The number of carbonyl (C=O) groups excluding carboxylic acids is 1. The van der Waals surface area contributed by atoms with Crippen LogP contribution in [0.15, 0.2) is 29.3 Å². The van der Waals surface area contributed by atoms with Gasteiger partial charge in [0.25, 0.3) is 0 Å². The van der Waals surface area contributed by atoms with Gasteiger partial charge in [-0.25, -0.2) is 9.79 Å². The second-order valence-corrected chi connectivity index (χ2v) is 8.15. The number of alkyl carbamates (subject to hydrolysis) is 1. The van der Waals surface area contributed by atoms with Crippen LogP contribution in [0.4, 0.5) is 4.79 Å². The number of benzene rings is 1. The highest BCUT2D eigenvalue weighted by molar-refractivity contribution is 5.80. The molecule has 0 aliphatic carbocycles. The molecule has 0 bridgehead atoms. The maximum absolute atomic E-state index is 12.0. The van der Waals surface area contributed by atoms with Gasteiger partial charge in [-0.05, 0) is 52.2 Å². The third-order valence-corrected chi connectivity index (χ3v) is 4.52. The highest BCUT2D eigenvalue weighted by atomic mass is 16.6. The Bertz CT molecular complexity index is 685. The third-order valence-electron chi connectivity index (χ3n) is 4.52. The molecule has 1 unspecified atom stereocenters. The maximum atomic E-state index is 12.0. The first-order valence-corrected chi connectivity index (χ1v) is 10.5. The average Bonchev–Trinajstić information content (AvgIpc) is 3.10. The van der Waals surface area contributed by atoms with Crippen molar-refractivity contribution in [3.63, 3.8) is 0 Å². The van der Waals surface area contributed by atoms with Crippen LogP contribution in [0, 0.1) is 0 Å². The predicted octanol–water partition coefficient (Wildman–Crippen LogP) is 3.29. The Balaban J connectivity index is 1.98.